The molecule has 0 aromatic heterocycles. The van der Waals surface area contributed by atoms with Crippen LogP contribution in [0.2, 0.25) is 0 Å². The Morgan fingerprint density at radius 1 is 1.12 bits per heavy atom. The van der Waals surface area contributed by atoms with E-state index in [1.807, 2.05) is 4.90 Å². The Morgan fingerprint density at radius 2 is 1.71 bits per heavy atom. The quantitative estimate of drug-likeness (QED) is 0.686. The highest BCUT2D eigenvalue weighted by Gasteiger charge is 2.45. The van der Waals surface area contributed by atoms with E-state index in [-0.39, 0.29) is 0 Å². The van der Waals surface area contributed by atoms with Gasteiger partial charge in [0.25, 0.3) is 0 Å². The van der Waals surface area contributed by atoms with Gasteiger partial charge >= 0.3 is 6.03 Å². The number of likely N-dealkylation sites (tertiary alicyclic amines) is 1. The van der Waals surface area contributed by atoms with Crippen LogP contribution in [0.3, 0.4) is 0 Å². The summed E-state index contributed by atoms with van der Waals surface area (Å²) in [7, 11) is 0. The van der Waals surface area contributed by atoms with Gasteiger partial charge in [-0.05, 0) is 43.9 Å². The molecule has 3 fully saturated rings. The van der Waals surface area contributed by atoms with Gasteiger partial charge in [-0.15, -0.1) is 0 Å². The van der Waals surface area contributed by atoms with Gasteiger partial charge in [-0.1, -0.05) is 13.8 Å². The Hall–Kier alpha value is -0.730. The van der Waals surface area contributed by atoms with E-state index in [1.165, 1.54) is 32.1 Å². The molecular formula is C14H24N2O. The van der Waals surface area contributed by atoms with E-state index in [4.69, 9.17) is 0 Å². The van der Waals surface area contributed by atoms with Crippen LogP contribution in [0.5, 0.6) is 0 Å². The molecular weight excluding hydrogens is 212 g/mol. The summed E-state index contributed by atoms with van der Waals surface area (Å²) in [6.45, 7) is 6.64. The maximum absolute atomic E-state index is 12.4. The highest BCUT2D eigenvalue weighted by molar-refractivity contribution is 5.76. The zero-order chi connectivity index (χ0) is 12.0. The molecule has 0 aromatic rings. The molecule has 3 aliphatic rings. The van der Waals surface area contributed by atoms with Gasteiger partial charge in [0.2, 0.25) is 0 Å². The molecule has 3 rings (SSSR count). The number of hydrogen-bond donors (Lipinski definition) is 0. The van der Waals surface area contributed by atoms with Crippen molar-refractivity contribution in [1.29, 1.82) is 0 Å². The third-order valence-corrected chi connectivity index (χ3v) is 5.06. The fourth-order valence-electron chi connectivity index (χ4n) is 3.75. The molecule has 3 saturated heterocycles. The number of piperidine rings is 1. The van der Waals surface area contributed by atoms with Gasteiger partial charge in [-0.2, -0.15) is 0 Å². The van der Waals surface area contributed by atoms with Crippen molar-refractivity contribution in [2.75, 3.05) is 13.1 Å². The molecule has 2 atom stereocenters. The molecule has 3 nitrogen and oxygen atoms in total. The van der Waals surface area contributed by atoms with Crippen LogP contribution in [0.4, 0.5) is 4.79 Å². The van der Waals surface area contributed by atoms with E-state index in [1.54, 1.807) is 0 Å². The summed E-state index contributed by atoms with van der Waals surface area (Å²) in [5.74, 6) is 1.62. The number of hydrogen-bond acceptors (Lipinski definition) is 1. The standard InChI is InChI=1S/C14H24N2O/c1-10(2)11-8-12-4-5-13(9-11)16(12)14(17)15-6-3-7-15/h10-13H,3-9H2,1-2H3. The van der Waals surface area contributed by atoms with Gasteiger partial charge < -0.3 is 9.80 Å². The molecule has 0 spiro atoms. The van der Waals surface area contributed by atoms with E-state index in [0.29, 0.717) is 18.1 Å². The number of amides is 2. The van der Waals surface area contributed by atoms with Crippen molar-refractivity contribution in [2.45, 2.75) is 58.0 Å². The largest absolute Gasteiger partial charge is 0.325 e. The Bertz CT molecular complexity index is 297. The first-order valence-electron chi connectivity index (χ1n) is 7.24. The second kappa shape index (κ2) is 4.18. The molecule has 0 aliphatic carbocycles. The SMILES string of the molecule is CC(C)C1CC2CCC(C1)N2C(=O)N1CCC1. The summed E-state index contributed by atoms with van der Waals surface area (Å²) in [4.78, 5) is 16.6. The average molecular weight is 236 g/mol. The van der Waals surface area contributed by atoms with Crippen molar-refractivity contribution in [2.24, 2.45) is 11.8 Å². The van der Waals surface area contributed by atoms with Crippen molar-refractivity contribution in [3.05, 3.63) is 0 Å². The highest BCUT2D eigenvalue weighted by Crippen LogP contribution is 2.42. The Balaban J connectivity index is 1.70. The van der Waals surface area contributed by atoms with Crippen molar-refractivity contribution in [1.82, 2.24) is 9.80 Å². The highest BCUT2D eigenvalue weighted by atomic mass is 16.2. The molecule has 0 aromatic carbocycles. The normalized spacial score (nSPS) is 36.3. The monoisotopic (exact) mass is 236 g/mol. The Kier molecular flexibility index (Phi) is 2.80. The minimum atomic E-state index is 0.339. The predicted octanol–water partition coefficient (Wildman–Crippen LogP) is 2.71. The van der Waals surface area contributed by atoms with Crippen molar-refractivity contribution < 1.29 is 4.79 Å². The van der Waals surface area contributed by atoms with Crippen LogP contribution in [0.25, 0.3) is 0 Å². The minimum Gasteiger partial charge on any atom is -0.325 e. The maximum atomic E-state index is 12.4. The second-order valence-corrected chi connectivity index (χ2v) is 6.39. The van der Waals surface area contributed by atoms with E-state index in [9.17, 15) is 4.79 Å². The average Bonchev–Trinajstić information content (AvgIpc) is 2.46. The molecule has 3 heterocycles. The van der Waals surface area contributed by atoms with Gasteiger partial charge in [0.1, 0.15) is 0 Å². The topological polar surface area (TPSA) is 23.6 Å². The molecule has 2 bridgehead atoms. The fraction of sp³-hybridized carbons (Fsp3) is 0.929. The van der Waals surface area contributed by atoms with Crippen LogP contribution in [0.15, 0.2) is 0 Å². The Morgan fingerprint density at radius 3 is 2.12 bits per heavy atom. The van der Waals surface area contributed by atoms with Gasteiger partial charge in [0, 0.05) is 25.2 Å². The van der Waals surface area contributed by atoms with Gasteiger partial charge in [0.05, 0.1) is 0 Å². The fourth-order valence-corrected chi connectivity index (χ4v) is 3.75. The second-order valence-electron chi connectivity index (χ2n) is 6.39. The number of rotatable bonds is 1. The van der Waals surface area contributed by atoms with Crippen molar-refractivity contribution in [3.8, 4) is 0 Å². The van der Waals surface area contributed by atoms with E-state index >= 15 is 0 Å². The third-order valence-electron chi connectivity index (χ3n) is 5.06. The summed E-state index contributed by atoms with van der Waals surface area (Å²) in [6, 6.07) is 1.44. The molecule has 17 heavy (non-hydrogen) atoms. The summed E-state index contributed by atoms with van der Waals surface area (Å²) in [5.41, 5.74) is 0. The number of nitrogens with zero attached hydrogens (tertiary/aromatic N) is 2. The first-order valence-corrected chi connectivity index (χ1v) is 7.24. The number of carbonyl (C=O) groups is 1. The summed E-state index contributed by atoms with van der Waals surface area (Å²) in [5, 5.41) is 0. The Labute approximate surface area is 104 Å². The predicted molar refractivity (Wildman–Crippen MR) is 67.8 cm³/mol. The number of urea groups is 1. The molecule has 2 unspecified atom stereocenters. The lowest BCUT2D eigenvalue weighted by atomic mass is 9.83. The van der Waals surface area contributed by atoms with Crippen LogP contribution in [0, 0.1) is 11.8 Å². The maximum Gasteiger partial charge on any atom is 0.320 e. The lowest BCUT2D eigenvalue weighted by Crippen LogP contribution is -2.56. The van der Waals surface area contributed by atoms with Crippen LogP contribution in [0.1, 0.15) is 46.0 Å². The zero-order valence-electron chi connectivity index (χ0n) is 11.1. The first-order chi connectivity index (χ1) is 8.16. The van der Waals surface area contributed by atoms with E-state index < -0.39 is 0 Å². The van der Waals surface area contributed by atoms with Crippen LogP contribution < -0.4 is 0 Å². The van der Waals surface area contributed by atoms with Crippen molar-refractivity contribution in [3.63, 3.8) is 0 Å². The van der Waals surface area contributed by atoms with Gasteiger partial charge in [-0.25, -0.2) is 4.79 Å². The van der Waals surface area contributed by atoms with Gasteiger partial charge in [-0.3, -0.25) is 0 Å². The lowest BCUT2D eigenvalue weighted by molar-refractivity contribution is 0.0686. The minimum absolute atomic E-state index is 0.339. The van der Waals surface area contributed by atoms with Crippen LogP contribution >= 0.6 is 0 Å². The number of fused-ring (bicyclic) bond motifs is 2. The lowest BCUT2D eigenvalue weighted by Gasteiger charge is -2.44. The zero-order valence-corrected chi connectivity index (χ0v) is 11.1. The molecule has 3 heteroatoms. The molecule has 0 radical (unpaired) electrons. The van der Waals surface area contributed by atoms with Crippen LogP contribution in [-0.4, -0.2) is 41.0 Å². The summed E-state index contributed by atoms with van der Waals surface area (Å²) < 4.78 is 0. The van der Waals surface area contributed by atoms with E-state index in [2.05, 4.69) is 18.7 Å². The van der Waals surface area contributed by atoms with Crippen LogP contribution in [-0.2, 0) is 0 Å². The molecule has 0 N–H and O–H groups in total. The molecule has 0 saturated carbocycles. The molecule has 96 valence electrons. The summed E-state index contributed by atoms with van der Waals surface area (Å²) in [6.07, 6.45) is 6.17. The van der Waals surface area contributed by atoms with Crippen molar-refractivity contribution >= 4 is 6.03 Å². The smallest absolute Gasteiger partial charge is 0.320 e. The summed E-state index contributed by atoms with van der Waals surface area (Å²) >= 11 is 0. The third kappa shape index (κ3) is 1.84. The molecule has 3 aliphatic heterocycles. The molecule has 2 amide bonds. The van der Waals surface area contributed by atoms with Gasteiger partial charge in [0.15, 0.2) is 0 Å². The first kappa shape index (κ1) is 11.4. The number of carbonyl (C=O) groups excluding carboxylic acids is 1. The van der Waals surface area contributed by atoms with E-state index in [0.717, 1.165) is 24.9 Å².